The molecule has 0 aromatic heterocycles. The molecule has 0 bridgehead atoms. The van der Waals surface area contributed by atoms with E-state index in [4.69, 9.17) is 9.47 Å². The molecule has 8 nitrogen and oxygen atoms in total. The van der Waals surface area contributed by atoms with Gasteiger partial charge in [-0.1, -0.05) is 6.92 Å². The SMILES string of the molecule is C[C@@H]1CC(=CCO)C(=O)O[C@@H]2CC[N+]3([O-])CC=C(COC(=O)[C@]1(C)O)[C@H]23. The van der Waals surface area contributed by atoms with Crippen LogP contribution >= 0.6 is 0 Å². The minimum atomic E-state index is -1.81. The number of hydrogen-bond donors (Lipinski definition) is 2. The maximum atomic E-state index is 12.9. The van der Waals surface area contributed by atoms with E-state index in [1.807, 2.05) is 0 Å². The summed E-state index contributed by atoms with van der Waals surface area (Å²) in [7, 11) is 0. The Morgan fingerprint density at radius 3 is 2.88 bits per heavy atom. The van der Waals surface area contributed by atoms with E-state index in [0.717, 1.165) is 0 Å². The van der Waals surface area contributed by atoms with E-state index in [9.17, 15) is 25.0 Å². The average molecular weight is 367 g/mol. The molecule has 3 heterocycles. The summed E-state index contributed by atoms with van der Waals surface area (Å²) in [4.78, 5) is 25.0. The van der Waals surface area contributed by atoms with Crippen molar-refractivity contribution >= 4 is 11.9 Å². The third-order valence-corrected chi connectivity index (χ3v) is 5.82. The summed E-state index contributed by atoms with van der Waals surface area (Å²) in [6.07, 6.45) is 2.93. The Bertz CT molecular complexity index is 668. The van der Waals surface area contributed by atoms with Gasteiger partial charge in [-0.05, 0) is 31.4 Å². The van der Waals surface area contributed by atoms with E-state index in [1.165, 1.54) is 13.0 Å². The van der Waals surface area contributed by atoms with Gasteiger partial charge < -0.3 is 29.5 Å². The molecule has 26 heavy (non-hydrogen) atoms. The summed E-state index contributed by atoms with van der Waals surface area (Å²) in [6.45, 7) is 3.06. The first kappa shape index (κ1) is 19.0. The molecule has 144 valence electrons. The first-order chi connectivity index (χ1) is 12.2. The van der Waals surface area contributed by atoms with E-state index in [0.29, 0.717) is 18.5 Å². The van der Waals surface area contributed by atoms with Gasteiger partial charge in [-0.15, -0.1) is 0 Å². The number of quaternary nitrogens is 1. The van der Waals surface area contributed by atoms with Gasteiger partial charge >= 0.3 is 11.9 Å². The van der Waals surface area contributed by atoms with Crippen LogP contribution in [0.5, 0.6) is 0 Å². The molecule has 2 saturated heterocycles. The van der Waals surface area contributed by atoms with E-state index in [-0.39, 0.29) is 31.8 Å². The van der Waals surface area contributed by atoms with Crippen molar-refractivity contribution in [1.82, 2.24) is 0 Å². The molecule has 0 aromatic rings. The Labute approximate surface area is 151 Å². The molecule has 0 aromatic carbocycles. The summed E-state index contributed by atoms with van der Waals surface area (Å²) >= 11 is 0. The number of aliphatic hydroxyl groups excluding tert-OH is 1. The summed E-state index contributed by atoms with van der Waals surface area (Å²) in [5.41, 5.74) is -1.01. The second kappa shape index (κ2) is 6.77. The normalized spacial score (nSPS) is 42.4. The lowest BCUT2D eigenvalue weighted by molar-refractivity contribution is -0.877. The van der Waals surface area contributed by atoms with Gasteiger partial charge in [0.05, 0.1) is 19.7 Å². The van der Waals surface area contributed by atoms with Crippen LogP contribution in [0, 0.1) is 11.1 Å². The lowest BCUT2D eigenvalue weighted by Crippen LogP contribution is -2.49. The second-order valence-corrected chi connectivity index (χ2v) is 7.56. The number of nitrogens with zero attached hydrogens (tertiary/aromatic N) is 1. The van der Waals surface area contributed by atoms with E-state index in [1.54, 1.807) is 13.0 Å². The smallest absolute Gasteiger partial charge is 0.338 e. The molecule has 8 heteroatoms. The van der Waals surface area contributed by atoms with Crippen molar-refractivity contribution in [2.75, 3.05) is 26.3 Å². The zero-order valence-corrected chi connectivity index (χ0v) is 15.0. The standard InChI is InChI=1S/C18H25NO7/c1-11-9-12(5-8-20)16(21)26-14-4-7-19(24)6-3-13(15(14)19)10-25-17(22)18(11,2)23/h3,5,11,14-15,20,23H,4,6-10H2,1-2H3/t11-,14-,15-,18-,19?/m1/s1. The maximum absolute atomic E-state index is 12.9. The second-order valence-electron chi connectivity index (χ2n) is 7.56. The first-order valence-electron chi connectivity index (χ1n) is 8.86. The van der Waals surface area contributed by atoms with Crippen molar-refractivity contribution in [2.45, 2.75) is 44.4 Å². The Morgan fingerprint density at radius 2 is 2.19 bits per heavy atom. The van der Waals surface area contributed by atoms with Gasteiger partial charge in [0, 0.05) is 17.6 Å². The molecular formula is C18H25NO7. The van der Waals surface area contributed by atoms with Crippen LogP contribution in [0.15, 0.2) is 23.3 Å². The van der Waals surface area contributed by atoms with Crippen LogP contribution in [0.4, 0.5) is 0 Å². The van der Waals surface area contributed by atoms with Gasteiger partial charge in [0.2, 0.25) is 0 Å². The van der Waals surface area contributed by atoms with Crippen LogP contribution in [0.25, 0.3) is 0 Å². The fourth-order valence-corrected chi connectivity index (χ4v) is 3.95. The molecule has 3 aliphatic heterocycles. The van der Waals surface area contributed by atoms with Gasteiger partial charge in [0.1, 0.15) is 6.61 Å². The number of hydrogen-bond acceptors (Lipinski definition) is 7. The van der Waals surface area contributed by atoms with E-state index in [2.05, 4.69) is 0 Å². The van der Waals surface area contributed by atoms with Crippen molar-refractivity contribution in [3.8, 4) is 0 Å². The molecule has 0 saturated carbocycles. The van der Waals surface area contributed by atoms with Crippen molar-refractivity contribution in [2.24, 2.45) is 5.92 Å². The number of cyclic esters (lactones) is 1. The van der Waals surface area contributed by atoms with Gasteiger partial charge in [-0.2, -0.15) is 0 Å². The number of carbonyl (C=O) groups excluding carboxylic acids is 2. The van der Waals surface area contributed by atoms with Gasteiger partial charge in [0.15, 0.2) is 17.7 Å². The predicted molar refractivity (Wildman–Crippen MR) is 90.3 cm³/mol. The fourth-order valence-electron chi connectivity index (χ4n) is 3.95. The molecule has 5 atom stereocenters. The average Bonchev–Trinajstić information content (AvgIpc) is 3.07. The molecule has 3 aliphatic rings. The van der Waals surface area contributed by atoms with Crippen molar-refractivity contribution in [3.63, 3.8) is 0 Å². The van der Waals surface area contributed by atoms with Crippen LogP contribution in [-0.4, -0.2) is 70.8 Å². The summed E-state index contributed by atoms with van der Waals surface area (Å²) < 4.78 is 10.4. The molecule has 0 radical (unpaired) electrons. The highest BCUT2D eigenvalue weighted by molar-refractivity contribution is 5.89. The van der Waals surface area contributed by atoms with Crippen LogP contribution < -0.4 is 0 Å². The summed E-state index contributed by atoms with van der Waals surface area (Å²) in [5.74, 6) is -2.06. The molecule has 0 aliphatic carbocycles. The molecule has 3 rings (SSSR count). The largest absolute Gasteiger partial charge is 0.632 e. The van der Waals surface area contributed by atoms with Gasteiger partial charge in [-0.25, -0.2) is 9.59 Å². The highest BCUT2D eigenvalue weighted by Crippen LogP contribution is 2.39. The third-order valence-electron chi connectivity index (χ3n) is 5.82. The lowest BCUT2D eigenvalue weighted by atomic mass is 9.85. The van der Waals surface area contributed by atoms with Crippen LogP contribution in [0.2, 0.25) is 0 Å². The highest BCUT2D eigenvalue weighted by Gasteiger charge is 2.51. The Hall–Kier alpha value is -1.74. The summed E-state index contributed by atoms with van der Waals surface area (Å²) in [6, 6.07) is -0.594. The number of rotatable bonds is 1. The Kier molecular flexibility index (Phi) is 4.96. The quantitative estimate of drug-likeness (QED) is 0.223. The number of esters is 2. The zero-order chi connectivity index (χ0) is 19.1. The maximum Gasteiger partial charge on any atom is 0.338 e. The lowest BCUT2D eigenvalue weighted by Gasteiger charge is -2.41. The number of ether oxygens (including phenoxy) is 2. The molecule has 2 N–H and O–H groups in total. The Balaban J connectivity index is 1.95. The van der Waals surface area contributed by atoms with Crippen LogP contribution in [-0.2, 0) is 19.1 Å². The number of aliphatic hydroxyl groups is 2. The predicted octanol–water partition coefficient (Wildman–Crippen LogP) is 0.178. The molecular weight excluding hydrogens is 342 g/mol. The number of hydroxylamine groups is 3. The van der Waals surface area contributed by atoms with Crippen molar-refractivity contribution < 1.29 is 33.9 Å². The molecule has 1 unspecified atom stereocenters. The third kappa shape index (κ3) is 3.18. The summed E-state index contributed by atoms with van der Waals surface area (Å²) in [5, 5.41) is 32.7. The molecule has 0 spiro atoms. The van der Waals surface area contributed by atoms with E-state index >= 15 is 0 Å². The first-order valence-corrected chi connectivity index (χ1v) is 8.86. The fraction of sp³-hybridized carbons (Fsp3) is 0.667. The van der Waals surface area contributed by atoms with E-state index < -0.39 is 40.2 Å². The van der Waals surface area contributed by atoms with Crippen molar-refractivity contribution in [1.29, 1.82) is 0 Å². The highest BCUT2D eigenvalue weighted by atomic mass is 16.6. The number of carbonyl (C=O) groups is 2. The van der Waals surface area contributed by atoms with Crippen LogP contribution in [0.1, 0.15) is 26.7 Å². The van der Waals surface area contributed by atoms with Crippen molar-refractivity contribution in [3.05, 3.63) is 28.5 Å². The van der Waals surface area contributed by atoms with Gasteiger partial charge in [-0.3, -0.25) is 0 Å². The zero-order valence-electron chi connectivity index (χ0n) is 15.0. The van der Waals surface area contributed by atoms with Gasteiger partial charge in [0.25, 0.3) is 0 Å². The molecule has 0 amide bonds. The topological polar surface area (TPSA) is 116 Å². The Morgan fingerprint density at radius 1 is 1.46 bits per heavy atom. The molecule has 2 fully saturated rings. The van der Waals surface area contributed by atoms with Crippen LogP contribution in [0.3, 0.4) is 0 Å². The monoisotopic (exact) mass is 367 g/mol. The minimum absolute atomic E-state index is 0.0406. The minimum Gasteiger partial charge on any atom is -0.632 e.